The van der Waals surface area contributed by atoms with Crippen molar-refractivity contribution in [1.29, 1.82) is 0 Å². The molecule has 1 aromatic carbocycles. The second-order valence-electron chi connectivity index (χ2n) is 4.26. The highest BCUT2D eigenvalue weighted by Crippen LogP contribution is 2.15. The number of rotatable bonds is 5. The van der Waals surface area contributed by atoms with Crippen LogP contribution in [0.2, 0.25) is 0 Å². The van der Waals surface area contributed by atoms with Crippen LogP contribution in [0.5, 0.6) is 5.75 Å². The minimum atomic E-state index is -0.0815. The number of aryl methyl sites for hydroxylation is 2. The number of carbonyl (C=O) groups excluding carboxylic acids is 1. The second-order valence-corrected chi connectivity index (χ2v) is 5.12. The average molecular weight is 276 g/mol. The maximum atomic E-state index is 11.7. The Kier molecular flexibility index (Phi) is 4.52. The number of anilines is 1. The first-order valence-corrected chi connectivity index (χ1v) is 6.93. The van der Waals surface area contributed by atoms with Gasteiger partial charge in [-0.25, -0.2) is 4.98 Å². The SMILES string of the molecule is Cc1cccc(OCCC(=O)Nc2nc(C)cs2)c1. The molecule has 2 rings (SSSR count). The molecule has 1 heterocycles. The largest absolute Gasteiger partial charge is 0.493 e. The summed E-state index contributed by atoms with van der Waals surface area (Å²) < 4.78 is 5.52. The Bertz CT molecular complexity index is 566. The average Bonchev–Trinajstić information content (AvgIpc) is 2.75. The van der Waals surface area contributed by atoms with Crippen LogP contribution in [0, 0.1) is 13.8 Å². The van der Waals surface area contributed by atoms with Gasteiger partial charge in [0.2, 0.25) is 5.91 Å². The Hall–Kier alpha value is -1.88. The molecule has 0 aliphatic rings. The summed E-state index contributed by atoms with van der Waals surface area (Å²) in [4.78, 5) is 15.8. The molecule has 1 aromatic heterocycles. The van der Waals surface area contributed by atoms with Gasteiger partial charge in [0.1, 0.15) is 5.75 Å². The third kappa shape index (κ3) is 4.37. The highest BCUT2D eigenvalue weighted by Gasteiger charge is 2.05. The number of nitrogens with one attached hydrogen (secondary N) is 1. The van der Waals surface area contributed by atoms with Gasteiger partial charge in [0, 0.05) is 5.38 Å². The fourth-order valence-electron chi connectivity index (χ4n) is 1.56. The van der Waals surface area contributed by atoms with Gasteiger partial charge in [-0.1, -0.05) is 12.1 Å². The molecule has 5 heteroatoms. The van der Waals surface area contributed by atoms with Gasteiger partial charge >= 0.3 is 0 Å². The minimum absolute atomic E-state index is 0.0815. The summed E-state index contributed by atoms with van der Waals surface area (Å²) in [6.45, 7) is 4.26. The molecule has 0 aliphatic carbocycles. The van der Waals surface area contributed by atoms with Crippen molar-refractivity contribution in [3.63, 3.8) is 0 Å². The number of benzene rings is 1. The number of thiazole rings is 1. The number of carbonyl (C=O) groups is 1. The highest BCUT2D eigenvalue weighted by molar-refractivity contribution is 7.13. The normalized spacial score (nSPS) is 10.2. The molecule has 1 N–H and O–H groups in total. The van der Waals surface area contributed by atoms with Crippen molar-refractivity contribution in [2.75, 3.05) is 11.9 Å². The lowest BCUT2D eigenvalue weighted by atomic mass is 10.2. The van der Waals surface area contributed by atoms with Gasteiger partial charge in [-0.2, -0.15) is 0 Å². The quantitative estimate of drug-likeness (QED) is 0.912. The summed E-state index contributed by atoms with van der Waals surface area (Å²) in [5.41, 5.74) is 2.05. The molecule has 0 aliphatic heterocycles. The molecule has 4 nitrogen and oxygen atoms in total. The van der Waals surface area contributed by atoms with E-state index in [4.69, 9.17) is 4.74 Å². The smallest absolute Gasteiger partial charge is 0.229 e. The van der Waals surface area contributed by atoms with Crippen LogP contribution in [-0.2, 0) is 4.79 Å². The summed E-state index contributed by atoms with van der Waals surface area (Å²) in [6, 6.07) is 7.77. The van der Waals surface area contributed by atoms with E-state index in [-0.39, 0.29) is 5.91 Å². The van der Waals surface area contributed by atoms with Gasteiger partial charge in [-0.05, 0) is 31.5 Å². The molecular formula is C14H16N2O2S. The van der Waals surface area contributed by atoms with E-state index in [9.17, 15) is 4.79 Å². The summed E-state index contributed by atoms with van der Waals surface area (Å²) in [7, 11) is 0. The third-order valence-corrected chi connectivity index (χ3v) is 3.33. The van der Waals surface area contributed by atoms with Gasteiger partial charge in [-0.15, -0.1) is 11.3 Å². The van der Waals surface area contributed by atoms with Crippen LogP contribution in [0.3, 0.4) is 0 Å². The van der Waals surface area contributed by atoms with Crippen LogP contribution in [0.4, 0.5) is 5.13 Å². The molecule has 0 spiro atoms. The molecule has 1 amide bonds. The topological polar surface area (TPSA) is 51.2 Å². The first kappa shape index (κ1) is 13.5. The molecule has 0 bridgehead atoms. The van der Waals surface area contributed by atoms with Crippen LogP contribution >= 0.6 is 11.3 Å². The molecule has 0 saturated carbocycles. The Balaban J connectivity index is 1.75. The van der Waals surface area contributed by atoms with Crippen molar-refractivity contribution in [3.05, 3.63) is 40.9 Å². The van der Waals surface area contributed by atoms with Gasteiger partial charge in [0.25, 0.3) is 0 Å². The van der Waals surface area contributed by atoms with Crippen molar-refractivity contribution >= 4 is 22.4 Å². The summed E-state index contributed by atoms with van der Waals surface area (Å²) in [6.07, 6.45) is 0.312. The lowest BCUT2D eigenvalue weighted by Gasteiger charge is -2.06. The van der Waals surface area contributed by atoms with Gasteiger partial charge in [0.15, 0.2) is 5.13 Å². The standard InChI is InChI=1S/C14H16N2O2S/c1-10-4-3-5-12(8-10)18-7-6-13(17)16-14-15-11(2)9-19-14/h3-5,8-9H,6-7H2,1-2H3,(H,15,16,17). The zero-order valence-electron chi connectivity index (χ0n) is 11.0. The summed E-state index contributed by atoms with van der Waals surface area (Å²) in [5, 5.41) is 5.29. The van der Waals surface area contributed by atoms with Crippen molar-refractivity contribution in [1.82, 2.24) is 4.98 Å². The lowest BCUT2D eigenvalue weighted by Crippen LogP contribution is -2.15. The zero-order chi connectivity index (χ0) is 13.7. The zero-order valence-corrected chi connectivity index (χ0v) is 11.8. The Morgan fingerprint density at radius 1 is 1.42 bits per heavy atom. The second kappa shape index (κ2) is 6.33. The van der Waals surface area contributed by atoms with Crippen molar-refractivity contribution in [2.45, 2.75) is 20.3 Å². The van der Waals surface area contributed by atoms with Crippen LogP contribution in [-0.4, -0.2) is 17.5 Å². The van der Waals surface area contributed by atoms with E-state index in [0.717, 1.165) is 17.0 Å². The number of hydrogen-bond acceptors (Lipinski definition) is 4. The van der Waals surface area contributed by atoms with Crippen molar-refractivity contribution < 1.29 is 9.53 Å². The van der Waals surface area contributed by atoms with E-state index in [0.29, 0.717) is 18.2 Å². The van der Waals surface area contributed by atoms with Crippen LogP contribution in [0.25, 0.3) is 0 Å². The first-order valence-electron chi connectivity index (χ1n) is 6.05. The van der Waals surface area contributed by atoms with E-state index < -0.39 is 0 Å². The van der Waals surface area contributed by atoms with Crippen molar-refractivity contribution in [3.8, 4) is 5.75 Å². The van der Waals surface area contributed by atoms with Gasteiger partial charge in [0.05, 0.1) is 18.7 Å². The number of aromatic nitrogens is 1. The molecule has 0 unspecified atom stereocenters. The lowest BCUT2D eigenvalue weighted by molar-refractivity contribution is -0.116. The van der Waals surface area contributed by atoms with E-state index in [1.165, 1.54) is 11.3 Å². The highest BCUT2D eigenvalue weighted by atomic mass is 32.1. The van der Waals surface area contributed by atoms with Crippen LogP contribution < -0.4 is 10.1 Å². The summed E-state index contributed by atoms with van der Waals surface area (Å²) >= 11 is 1.43. The Morgan fingerprint density at radius 2 is 2.26 bits per heavy atom. The first-order chi connectivity index (χ1) is 9.13. The Morgan fingerprint density at radius 3 is 2.95 bits per heavy atom. The van der Waals surface area contributed by atoms with E-state index >= 15 is 0 Å². The maximum Gasteiger partial charge on any atom is 0.229 e. The van der Waals surface area contributed by atoms with Crippen LogP contribution in [0.15, 0.2) is 29.6 Å². The Labute approximate surface area is 116 Å². The predicted octanol–water partition coefficient (Wildman–Crippen LogP) is 3.17. The molecule has 0 fully saturated rings. The third-order valence-electron chi connectivity index (χ3n) is 2.45. The molecule has 2 aromatic rings. The fraction of sp³-hybridized carbons (Fsp3) is 0.286. The van der Waals surface area contributed by atoms with E-state index in [2.05, 4.69) is 10.3 Å². The van der Waals surface area contributed by atoms with Gasteiger partial charge < -0.3 is 10.1 Å². The van der Waals surface area contributed by atoms with E-state index in [1.807, 2.05) is 43.5 Å². The van der Waals surface area contributed by atoms with Gasteiger partial charge in [-0.3, -0.25) is 4.79 Å². The number of nitrogens with zero attached hydrogens (tertiary/aromatic N) is 1. The summed E-state index contributed by atoms with van der Waals surface area (Å²) in [5.74, 6) is 0.708. The number of ether oxygens (including phenoxy) is 1. The molecule has 0 radical (unpaired) electrons. The molecule has 100 valence electrons. The molecular weight excluding hydrogens is 260 g/mol. The van der Waals surface area contributed by atoms with E-state index in [1.54, 1.807) is 0 Å². The number of amides is 1. The minimum Gasteiger partial charge on any atom is -0.493 e. The molecule has 0 atom stereocenters. The molecule has 19 heavy (non-hydrogen) atoms. The molecule has 0 saturated heterocycles. The van der Waals surface area contributed by atoms with Crippen LogP contribution in [0.1, 0.15) is 17.7 Å². The van der Waals surface area contributed by atoms with Crippen molar-refractivity contribution in [2.24, 2.45) is 0 Å². The number of hydrogen-bond donors (Lipinski definition) is 1. The predicted molar refractivity (Wildman–Crippen MR) is 76.8 cm³/mol. The monoisotopic (exact) mass is 276 g/mol. The fourth-order valence-corrected chi connectivity index (χ4v) is 2.26. The maximum absolute atomic E-state index is 11.7.